The van der Waals surface area contributed by atoms with Gasteiger partial charge in [-0.3, -0.25) is 4.79 Å². The number of hydrogen-bond donors (Lipinski definition) is 3. The third kappa shape index (κ3) is 3.04. The van der Waals surface area contributed by atoms with Crippen LogP contribution in [-0.4, -0.2) is 11.0 Å². The van der Waals surface area contributed by atoms with Crippen molar-refractivity contribution in [2.75, 3.05) is 5.73 Å². The number of carbonyl (C=O) groups is 1. The number of furan rings is 1. The highest BCUT2D eigenvalue weighted by atomic mass is 16.3. The zero-order valence-electron chi connectivity index (χ0n) is 9.72. The second-order valence-corrected chi connectivity index (χ2v) is 3.92. The fraction of sp³-hybridized carbons (Fsp3) is 0.154. The molecule has 5 nitrogen and oxygen atoms in total. The van der Waals surface area contributed by atoms with E-state index in [2.05, 4.69) is 5.32 Å². The molecule has 0 aliphatic carbocycles. The number of nitrogen functional groups attached to an aromatic ring is 1. The lowest BCUT2D eigenvalue weighted by Crippen LogP contribution is -2.24. The van der Waals surface area contributed by atoms with E-state index in [-0.39, 0.29) is 18.1 Å². The maximum atomic E-state index is 11.7. The first-order valence-electron chi connectivity index (χ1n) is 5.51. The van der Waals surface area contributed by atoms with Crippen molar-refractivity contribution in [3.05, 3.63) is 47.9 Å². The van der Waals surface area contributed by atoms with Crippen LogP contribution >= 0.6 is 0 Å². The molecular weight excluding hydrogens is 232 g/mol. The summed E-state index contributed by atoms with van der Waals surface area (Å²) in [7, 11) is 0. The Bertz CT molecular complexity index is 535. The number of benzene rings is 1. The number of aromatic hydroxyl groups is 1. The molecule has 0 radical (unpaired) electrons. The predicted octanol–water partition coefficient (Wildman–Crippen LogP) is 1.43. The molecule has 0 saturated carbocycles. The molecule has 0 unspecified atom stereocenters. The number of phenolic OH excluding ortho intramolecular Hbond substituents is 1. The Hall–Kier alpha value is -2.43. The van der Waals surface area contributed by atoms with E-state index in [1.807, 2.05) is 0 Å². The number of amides is 1. The van der Waals surface area contributed by atoms with Gasteiger partial charge < -0.3 is 20.6 Å². The van der Waals surface area contributed by atoms with E-state index in [1.54, 1.807) is 24.5 Å². The Kier molecular flexibility index (Phi) is 3.52. The van der Waals surface area contributed by atoms with Gasteiger partial charge in [-0.1, -0.05) is 0 Å². The summed E-state index contributed by atoms with van der Waals surface area (Å²) >= 11 is 0. The van der Waals surface area contributed by atoms with Gasteiger partial charge in [0, 0.05) is 5.69 Å². The van der Waals surface area contributed by atoms with Crippen molar-refractivity contribution < 1.29 is 14.3 Å². The van der Waals surface area contributed by atoms with E-state index in [9.17, 15) is 9.90 Å². The molecule has 0 spiro atoms. The Morgan fingerprint density at radius 3 is 2.94 bits per heavy atom. The number of nitrogens with one attached hydrogen (secondary N) is 1. The predicted molar refractivity (Wildman–Crippen MR) is 66.8 cm³/mol. The number of nitrogens with two attached hydrogens (primary N) is 1. The van der Waals surface area contributed by atoms with Gasteiger partial charge in [0.1, 0.15) is 11.5 Å². The molecule has 2 rings (SSSR count). The third-order valence-corrected chi connectivity index (χ3v) is 2.52. The highest BCUT2D eigenvalue weighted by Gasteiger charge is 2.07. The van der Waals surface area contributed by atoms with Gasteiger partial charge in [0.15, 0.2) is 0 Å². The van der Waals surface area contributed by atoms with Crippen molar-refractivity contribution in [3.8, 4) is 5.75 Å². The van der Waals surface area contributed by atoms with Crippen LogP contribution in [0.1, 0.15) is 11.3 Å². The zero-order chi connectivity index (χ0) is 13.0. The lowest BCUT2D eigenvalue weighted by molar-refractivity contribution is -0.120. The van der Waals surface area contributed by atoms with Crippen LogP contribution in [0.2, 0.25) is 0 Å². The average molecular weight is 246 g/mol. The van der Waals surface area contributed by atoms with Crippen LogP contribution in [0, 0.1) is 0 Å². The first-order chi connectivity index (χ1) is 8.65. The molecule has 0 aliphatic heterocycles. The van der Waals surface area contributed by atoms with Gasteiger partial charge >= 0.3 is 0 Å². The van der Waals surface area contributed by atoms with Crippen molar-refractivity contribution in [2.45, 2.75) is 13.0 Å². The Morgan fingerprint density at radius 2 is 2.22 bits per heavy atom. The SMILES string of the molecule is Nc1ccc(O)cc1CC(=O)NCc1ccco1. The number of phenols is 1. The van der Waals surface area contributed by atoms with E-state index >= 15 is 0 Å². The van der Waals surface area contributed by atoms with Crippen LogP contribution in [0.4, 0.5) is 5.69 Å². The van der Waals surface area contributed by atoms with Gasteiger partial charge in [-0.15, -0.1) is 0 Å². The topological polar surface area (TPSA) is 88.5 Å². The number of anilines is 1. The van der Waals surface area contributed by atoms with E-state index in [1.165, 1.54) is 12.1 Å². The van der Waals surface area contributed by atoms with Crippen LogP contribution in [0.3, 0.4) is 0 Å². The molecule has 1 aromatic heterocycles. The normalized spacial score (nSPS) is 10.2. The summed E-state index contributed by atoms with van der Waals surface area (Å²) in [6, 6.07) is 8.09. The molecule has 5 heteroatoms. The fourth-order valence-corrected chi connectivity index (χ4v) is 1.58. The fourth-order valence-electron chi connectivity index (χ4n) is 1.58. The molecule has 1 heterocycles. The zero-order valence-corrected chi connectivity index (χ0v) is 9.72. The first kappa shape index (κ1) is 12.0. The van der Waals surface area contributed by atoms with Gasteiger partial charge in [0.05, 0.1) is 19.2 Å². The maximum absolute atomic E-state index is 11.7. The molecule has 0 saturated heterocycles. The van der Waals surface area contributed by atoms with Crippen LogP contribution in [0.25, 0.3) is 0 Å². The van der Waals surface area contributed by atoms with Crippen molar-refractivity contribution in [2.24, 2.45) is 0 Å². The molecule has 0 aliphatic rings. The van der Waals surface area contributed by atoms with Gasteiger partial charge in [-0.25, -0.2) is 0 Å². The second kappa shape index (κ2) is 5.27. The molecule has 0 bridgehead atoms. The first-order valence-corrected chi connectivity index (χ1v) is 5.51. The van der Waals surface area contributed by atoms with Crippen LogP contribution in [0.5, 0.6) is 5.75 Å². The third-order valence-electron chi connectivity index (χ3n) is 2.52. The lowest BCUT2D eigenvalue weighted by Gasteiger charge is -2.06. The summed E-state index contributed by atoms with van der Waals surface area (Å²) in [6.07, 6.45) is 1.68. The van der Waals surface area contributed by atoms with Gasteiger partial charge in [0.25, 0.3) is 0 Å². The molecule has 2 aromatic rings. The van der Waals surface area contributed by atoms with Crippen molar-refractivity contribution in [1.29, 1.82) is 0 Å². The molecule has 94 valence electrons. The van der Waals surface area contributed by atoms with Gasteiger partial charge in [-0.2, -0.15) is 0 Å². The smallest absolute Gasteiger partial charge is 0.224 e. The summed E-state index contributed by atoms with van der Waals surface area (Å²) in [5.41, 5.74) is 6.81. The molecule has 0 fully saturated rings. The van der Waals surface area contributed by atoms with E-state index in [0.717, 1.165) is 0 Å². The molecule has 18 heavy (non-hydrogen) atoms. The Labute approximate surface area is 104 Å². The highest BCUT2D eigenvalue weighted by molar-refractivity contribution is 5.80. The quantitative estimate of drug-likeness (QED) is 0.562. The number of carbonyl (C=O) groups excluding carboxylic acids is 1. The minimum Gasteiger partial charge on any atom is -0.508 e. The second-order valence-electron chi connectivity index (χ2n) is 3.92. The molecule has 0 atom stereocenters. The standard InChI is InChI=1S/C13H14N2O3/c14-12-4-3-10(16)6-9(12)7-13(17)15-8-11-2-1-5-18-11/h1-6,16H,7-8,14H2,(H,15,17). The maximum Gasteiger partial charge on any atom is 0.224 e. The van der Waals surface area contributed by atoms with Crippen molar-refractivity contribution in [1.82, 2.24) is 5.32 Å². The summed E-state index contributed by atoms with van der Waals surface area (Å²) in [5, 5.41) is 12.0. The summed E-state index contributed by atoms with van der Waals surface area (Å²) < 4.78 is 5.10. The molecule has 1 aromatic carbocycles. The van der Waals surface area contributed by atoms with Gasteiger partial charge in [-0.05, 0) is 35.9 Å². The minimum atomic E-state index is -0.177. The molecular formula is C13H14N2O3. The average Bonchev–Trinajstić information content (AvgIpc) is 2.84. The minimum absolute atomic E-state index is 0.0954. The highest BCUT2D eigenvalue weighted by Crippen LogP contribution is 2.18. The van der Waals surface area contributed by atoms with Crippen molar-refractivity contribution >= 4 is 11.6 Å². The molecule has 4 N–H and O–H groups in total. The number of hydrogen-bond acceptors (Lipinski definition) is 4. The monoisotopic (exact) mass is 246 g/mol. The van der Waals surface area contributed by atoms with E-state index < -0.39 is 0 Å². The van der Waals surface area contributed by atoms with Crippen LogP contribution < -0.4 is 11.1 Å². The van der Waals surface area contributed by atoms with E-state index in [4.69, 9.17) is 10.2 Å². The van der Waals surface area contributed by atoms with E-state index in [0.29, 0.717) is 23.6 Å². The van der Waals surface area contributed by atoms with Crippen molar-refractivity contribution in [3.63, 3.8) is 0 Å². The Morgan fingerprint density at radius 1 is 1.39 bits per heavy atom. The summed E-state index contributed by atoms with van der Waals surface area (Å²) in [4.78, 5) is 11.7. The summed E-state index contributed by atoms with van der Waals surface area (Å²) in [5.74, 6) is 0.606. The van der Waals surface area contributed by atoms with Gasteiger partial charge in [0.2, 0.25) is 5.91 Å². The molecule has 1 amide bonds. The van der Waals surface area contributed by atoms with Crippen LogP contribution in [-0.2, 0) is 17.8 Å². The lowest BCUT2D eigenvalue weighted by atomic mass is 10.1. The summed E-state index contributed by atoms with van der Waals surface area (Å²) in [6.45, 7) is 0.338. The van der Waals surface area contributed by atoms with Crippen LogP contribution in [0.15, 0.2) is 41.0 Å². The number of rotatable bonds is 4. The largest absolute Gasteiger partial charge is 0.508 e. The Balaban J connectivity index is 1.92.